The molecule has 6 heteroatoms. The third-order valence-electron chi connectivity index (χ3n) is 3.69. The Balaban J connectivity index is 1.94. The summed E-state index contributed by atoms with van der Waals surface area (Å²) in [5, 5.41) is 11.9. The molecule has 0 saturated heterocycles. The zero-order valence-electron chi connectivity index (χ0n) is 11.8. The highest BCUT2D eigenvalue weighted by Crippen LogP contribution is 2.30. The van der Waals surface area contributed by atoms with E-state index in [0.717, 1.165) is 22.9 Å². The van der Waals surface area contributed by atoms with Crippen LogP contribution in [0.15, 0.2) is 22.7 Å². The first-order valence-corrected chi connectivity index (χ1v) is 7.66. The molecule has 0 radical (unpaired) electrons. The summed E-state index contributed by atoms with van der Waals surface area (Å²) in [5.41, 5.74) is -0.0419. The van der Waals surface area contributed by atoms with E-state index in [1.165, 1.54) is 0 Å². The monoisotopic (exact) mass is 355 g/mol. The van der Waals surface area contributed by atoms with E-state index in [0.29, 0.717) is 18.6 Å². The Labute approximate surface area is 131 Å². The van der Waals surface area contributed by atoms with Gasteiger partial charge in [-0.25, -0.2) is 4.79 Å². The maximum Gasteiger partial charge on any atom is 0.329 e. The van der Waals surface area contributed by atoms with Crippen LogP contribution >= 0.6 is 15.9 Å². The Morgan fingerprint density at radius 2 is 2.05 bits per heavy atom. The van der Waals surface area contributed by atoms with Crippen molar-refractivity contribution in [1.82, 2.24) is 5.32 Å². The zero-order valence-corrected chi connectivity index (χ0v) is 13.4. The summed E-state index contributed by atoms with van der Waals surface area (Å²) < 4.78 is 6.20. The summed E-state index contributed by atoms with van der Waals surface area (Å²) in [6, 6.07) is 5.55. The maximum absolute atomic E-state index is 11.9. The number of carboxylic acid groups (broad SMARTS) is 1. The Kier molecular flexibility index (Phi) is 4.88. The molecule has 2 N–H and O–H groups in total. The van der Waals surface area contributed by atoms with Crippen molar-refractivity contribution in [3.63, 3.8) is 0 Å². The minimum atomic E-state index is -1.12. The number of hydrogen-bond donors (Lipinski definition) is 2. The standard InChI is InChI=1S/C15H18BrNO4/c1-10-4-5-12(11(16)8-10)21-9-13(18)17-15(14(19)20)6-2-3-7-15/h4-5,8H,2-3,6-7,9H2,1H3,(H,17,18)(H,19,20). The fourth-order valence-electron chi connectivity index (χ4n) is 2.54. The predicted octanol–water partition coefficient (Wildman–Crippen LogP) is 2.65. The lowest BCUT2D eigenvalue weighted by Gasteiger charge is -2.25. The van der Waals surface area contributed by atoms with Gasteiger partial charge in [0.05, 0.1) is 4.47 Å². The van der Waals surface area contributed by atoms with E-state index >= 15 is 0 Å². The zero-order chi connectivity index (χ0) is 15.5. The van der Waals surface area contributed by atoms with Crippen molar-refractivity contribution in [2.24, 2.45) is 0 Å². The van der Waals surface area contributed by atoms with Crippen LogP contribution in [-0.4, -0.2) is 29.1 Å². The molecular weight excluding hydrogens is 338 g/mol. The van der Waals surface area contributed by atoms with Crippen LogP contribution in [0.5, 0.6) is 5.75 Å². The summed E-state index contributed by atoms with van der Waals surface area (Å²) in [5.74, 6) is -0.816. The number of rotatable bonds is 5. The molecule has 1 saturated carbocycles. The number of ether oxygens (including phenoxy) is 1. The molecule has 0 unspecified atom stereocenters. The van der Waals surface area contributed by atoms with Gasteiger partial charge in [-0.05, 0) is 53.4 Å². The van der Waals surface area contributed by atoms with Crippen LogP contribution in [0, 0.1) is 6.92 Å². The normalized spacial score (nSPS) is 16.5. The smallest absolute Gasteiger partial charge is 0.329 e. The predicted molar refractivity (Wildman–Crippen MR) is 81.4 cm³/mol. The Morgan fingerprint density at radius 1 is 1.38 bits per heavy atom. The van der Waals surface area contributed by atoms with Gasteiger partial charge in [0.15, 0.2) is 6.61 Å². The number of amides is 1. The molecule has 0 spiro atoms. The number of aryl methyl sites for hydroxylation is 1. The summed E-state index contributed by atoms with van der Waals surface area (Å²) in [6.45, 7) is 1.76. The minimum Gasteiger partial charge on any atom is -0.483 e. The van der Waals surface area contributed by atoms with Crippen LogP contribution in [0.25, 0.3) is 0 Å². The Hall–Kier alpha value is -1.56. The summed E-state index contributed by atoms with van der Waals surface area (Å²) in [4.78, 5) is 23.3. The molecule has 0 bridgehead atoms. The first-order chi connectivity index (χ1) is 9.93. The van der Waals surface area contributed by atoms with Crippen LogP contribution < -0.4 is 10.1 Å². The van der Waals surface area contributed by atoms with Gasteiger partial charge in [-0.3, -0.25) is 4.79 Å². The van der Waals surface area contributed by atoms with Crippen molar-refractivity contribution in [1.29, 1.82) is 0 Å². The lowest BCUT2D eigenvalue weighted by Crippen LogP contribution is -2.53. The van der Waals surface area contributed by atoms with Crippen LogP contribution in [-0.2, 0) is 9.59 Å². The average Bonchev–Trinajstić information content (AvgIpc) is 2.87. The van der Waals surface area contributed by atoms with Crippen molar-refractivity contribution in [3.8, 4) is 5.75 Å². The van der Waals surface area contributed by atoms with Gasteiger partial charge in [-0.15, -0.1) is 0 Å². The molecule has 0 aromatic heterocycles. The second-order valence-corrected chi connectivity index (χ2v) is 6.22. The first-order valence-electron chi connectivity index (χ1n) is 6.86. The van der Waals surface area contributed by atoms with Gasteiger partial charge in [-0.2, -0.15) is 0 Å². The minimum absolute atomic E-state index is 0.198. The van der Waals surface area contributed by atoms with Crippen LogP contribution in [0.3, 0.4) is 0 Å². The number of hydrogen-bond acceptors (Lipinski definition) is 3. The number of aliphatic carboxylic acids is 1. The van der Waals surface area contributed by atoms with Crippen molar-refractivity contribution in [2.75, 3.05) is 6.61 Å². The van der Waals surface area contributed by atoms with Gasteiger partial charge in [0.1, 0.15) is 11.3 Å². The number of nitrogens with one attached hydrogen (secondary N) is 1. The van der Waals surface area contributed by atoms with Gasteiger partial charge in [0, 0.05) is 0 Å². The summed E-state index contributed by atoms with van der Waals surface area (Å²) in [7, 11) is 0. The molecule has 1 aromatic carbocycles. The van der Waals surface area contributed by atoms with Crippen molar-refractivity contribution < 1.29 is 19.4 Å². The Morgan fingerprint density at radius 3 is 2.62 bits per heavy atom. The maximum atomic E-state index is 11.9. The van der Waals surface area contributed by atoms with Crippen LogP contribution in [0.1, 0.15) is 31.2 Å². The van der Waals surface area contributed by atoms with E-state index in [9.17, 15) is 14.7 Å². The largest absolute Gasteiger partial charge is 0.483 e. The van der Waals surface area contributed by atoms with Gasteiger partial charge < -0.3 is 15.2 Å². The molecule has 1 fully saturated rings. The molecule has 21 heavy (non-hydrogen) atoms. The van der Waals surface area contributed by atoms with Gasteiger partial charge in [0.2, 0.25) is 0 Å². The molecule has 0 heterocycles. The summed E-state index contributed by atoms with van der Waals surface area (Å²) in [6.07, 6.45) is 2.58. The molecule has 1 aromatic rings. The number of carbonyl (C=O) groups excluding carboxylic acids is 1. The number of carboxylic acids is 1. The fraction of sp³-hybridized carbons (Fsp3) is 0.467. The highest BCUT2D eigenvalue weighted by Gasteiger charge is 2.42. The average molecular weight is 356 g/mol. The van der Waals surface area contributed by atoms with E-state index < -0.39 is 17.4 Å². The second kappa shape index (κ2) is 6.47. The molecule has 1 aliphatic carbocycles. The third-order valence-corrected chi connectivity index (χ3v) is 4.31. The van der Waals surface area contributed by atoms with Gasteiger partial charge >= 0.3 is 5.97 Å². The first kappa shape index (κ1) is 15.8. The van der Waals surface area contributed by atoms with Crippen molar-refractivity contribution in [2.45, 2.75) is 38.1 Å². The SMILES string of the molecule is Cc1ccc(OCC(=O)NC2(C(=O)O)CCCC2)c(Br)c1. The van der Waals surface area contributed by atoms with Crippen molar-refractivity contribution >= 4 is 27.8 Å². The fourth-order valence-corrected chi connectivity index (χ4v) is 3.15. The van der Waals surface area contributed by atoms with Crippen LogP contribution in [0.2, 0.25) is 0 Å². The molecule has 2 rings (SSSR count). The van der Waals surface area contributed by atoms with E-state index in [1.807, 2.05) is 19.1 Å². The molecule has 0 aliphatic heterocycles. The van der Waals surface area contributed by atoms with E-state index in [-0.39, 0.29) is 6.61 Å². The molecule has 5 nitrogen and oxygen atoms in total. The third kappa shape index (κ3) is 3.75. The van der Waals surface area contributed by atoms with E-state index in [4.69, 9.17) is 4.74 Å². The number of benzene rings is 1. The lowest BCUT2D eigenvalue weighted by atomic mass is 9.98. The van der Waals surface area contributed by atoms with Gasteiger partial charge in [-0.1, -0.05) is 18.9 Å². The van der Waals surface area contributed by atoms with E-state index in [1.54, 1.807) is 6.07 Å². The quantitative estimate of drug-likeness (QED) is 0.851. The molecule has 0 atom stereocenters. The van der Waals surface area contributed by atoms with Crippen LogP contribution in [0.4, 0.5) is 0 Å². The number of halogens is 1. The number of carbonyl (C=O) groups is 2. The molecule has 1 aliphatic rings. The second-order valence-electron chi connectivity index (χ2n) is 5.37. The highest BCUT2D eigenvalue weighted by atomic mass is 79.9. The highest BCUT2D eigenvalue weighted by molar-refractivity contribution is 9.10. The molecule has 1 amide bonds. The summed E-state index contributed by atoms with van der Waals surface area (Å²) >= 11 is 3.37. The van der Waals surface area contributed by atoms with E-state index in [2.05, 4.69) is 21.2 Å². The molecular formula is C15H18BrNO4. The topological polar surface area (TPSA) is 75.6 Å². The molecule has 114 valence electrons. The van der Waals surface area contributed by atoms with Gasteiger partial charge in [0.25, 0.3) is 5.91 Å². The Bertz CT molecular complexity index is 553. The lowest BCUT2D eigenvalue weighted by molar-refractivity contribution is -0.147. The van der Waals surface area contributed by atoms with Crippen molar-refractivity contribution in [3.05, 3.63) is 28.2 Å².